The zero-order valence-electron chi connectivity index (χ0n) is 30.1. The molecule has 0 radical (unpaired) electrons. The van der Waals surface area contributed by atoms with Crippen molar-refractivity contribution in [2.45, 2.75) is 122 Å². The lowest BCUT2D eigenvalue weighted by atomic mass is 9.98. The van der Waals surface area contributed by atoms with E-state index in [-0.39, 0.29) is 30.2 Å². The summed E-state index contributed by atoms with van der Waals surface area (Å²) >= 11 is 0. The van der Waals surface area contributed by atoms with Crippen LogP contribution < -0.4 is 16.4 Å². The van der Waals surface area contributed by atoms with E-state index in [0.29, 0.717) is 43.7 Å². The Labute approximate surface area is 285 Å². The molecule has 4 atom stereocenters. The highest BCUT2D eigenvalue weighted by Gasteiger charge is 2.38. The Balaban J connectivity index is 1.20. The highest BCUT2D eigenvalue weighted by atomic mass is 16.6. The first kappa shape index (κ1) is 33.8. The molecule has 5 rings (SSSR count). The lowest BCUT2D eigenvalue weighted by Gasteiger charge is -2.28. The number of carbonyl (C=O) groups is 4. The molecule has 3 saturated heterocycles. The molecule has 0 spiro atoms. The van der Waals surface area contributed by atoms with Crippen LogP contribution in [0.3, 0.4) is 0 Å². The van der Waals surface area contributed by atoms with Crippen LogP contribution in [0.1, 0.15) is 109 Å². The molecule has 0 bridgehead atoms. The number of hydrogen-bond donors (Lipinski definition) is 3. The average Bonchev–Trinajstić information content (AvgIpc) is 3.77. The van der Waals surface area contributed by atoms with Crippen molar-refractivity contribution < 1.29 is 30.1 Å². The van der Waals surface area contributed by atoms with Crippen molar-refractivity contribution in [1.29, 1.82) is 0 Å². The molecule has 260 valence electrons. The second-order valence-corrected chi connectivity index (χ2v) is 15.1. The van der Waals surface area contributed by atoms with Gasteiger partial charge >= 0.3 is 12.2 Å². The maximum atomic E-state index is 13.3. The molecule has 11 heteroatoms. The van der Waals surface area contributed by atoms with Crippen molar-refractivity contribution in [3.63, 3.8) is 0 Å². The van der Waals surface area contributed by atoms with Crippen LogP contribution in [0.2, 0.25) is 1.41 Å². The van der Waals surface area contributed by atoms with E-state index in [4.69, 9.17) is 16.6 Å². The van der Waals surface area contributed by atoms with Crippen LogP contribution in [-0.2, 0) is 25.5 Å². The Hall–Kier alpha value is -4.12. The fraction of sp³-hybridized carbons (Fsp3) is 0.568. The fourth-order valence-electron chi connectivity index (χ4n) is 6.69. The van der Waals surface area contributed by atoms with Crippen LogP contribution in [0.15, 0.2) is 42.5 Å². The summed E-state index contributed by atoms with van der Waals surface area (Å²) in [5.74, 6) is -0.320. The summed E-state index contributed by atoms with van der Waals surface area (Å²) in [6.45, 7) is 11.8. The summed E-state index contributed by atoms with van der Waals surface area (Å²) in [6, 6.07) is 11.8. The van der Waals surface area contributed by atoms with Crippen molar-refractivity contribution in [3.8, 4) is 0 Å². The third-order valence-electron chi connectivity index (χ3n) is 8.97. The monoisotopic (exact) mass is 662 g/mol. The zero-order chi connectivity index (χ0) is 35.7. The van der Waals surface area contributed by atoms with Crippen molar-refractivity contribution in [3.05, 3.63) is 59.2 Å². The summed E-state index contributed by atoms with van der Waals surface area (Å²) in [6.07, 6.45) is 3.41. The van der Waals surface area contributed by atoms with Crippen molar-refractivity contribution >= 4 is 35.3 Å². The first-order valence-corrected chi connectivity index (χ1v) is 17.1. The second-order valence-electron chi connectivity index (χ2n) is 15.1. The van der Waals surface area contributed by atoms with Gasteiger partial charge in [-0.2, -0.15) is 0 Å². The minimum Gasteiger partial charge on any atom is -0.444 e. The molecule has 2 aromatic rings. The topological polar surface area (TPSA) is 143 Å². The normalized spacial score (nSPS) is 23.6. The van der Waals surface area contributed by atoms with Gasteiger partial charge in [-0.3, -0.25) is 19.4 Å². The van der Waals surface area contributed by atoms with Gasteiger partial charge in [-0.25, -0.2) is 9.59 Å². The summed E-state index contributed by atoms with van der Waals surface area (Å²) in [4.78, 5) is 55.0. The highest BCUT2D eigenvalue weighted by Crippen LogP contribution is 2.37. The third-order valence-corrected chi connectivity index (χ3v) is 8.97. The molecule has 3 aliphatic heterocycles. The van der Waals surface area contributed by atoms with Gasteiger partial charge in [-0.15, -0.1) is 0 Å². The van der Waals surface area contributed by atoms with Gasteiger partial charge in [0, 0.05) is 31.6 Å². The van der Waals surface area contributed by atoms with Crippen molar-refractivity contribution in [2.75, 3.05) is 24.1 Å². The number of benzene rings is 2. The quantitative estimate of drug-likeness (QED) is 0.294. The van der Waals surface area contributed by atoms with Crippen LogP contribution in [0.5, 0.6) is 0 Å². The van der Waals surface area contributed by atoms with Gasteiger partial charge in [-0.1, -0.05) is 30.3 Å². The lowest BCUT2D eigenvalue weighted by Crippen LogP contribution is -2.45. The summed E-state index contributed by atoms with van der Waals surface area (Å²) in [5.41, 5.74) is 8.56. The molecule has 11 nitrogen and oxygen atoms in total. The molecule has 3 aliphatic rings. The number of anilines is 2. The Morgan fingerprint density at radius 3 is 1.92 bits per heavy atom. The van der Waals surface area contributed by atoms with Crippen molar-refractivity contribution in [1.82, 2.24) is 15.1 Å². The number of hydrogen-bond acceptors (Lipinski definition) is 8. The first-order chi connectivity index (χ1) is 23.0. The zero-order valence-corrected chi connectivity index (χ0v) is 29.1. The van der Waals surface area contributed by atoms with E-state index in [0.717, 1.165) is 36.0 Å². The number of amides is 3. The fourth-order valence-corrected chi connectivity index (χ4v) is 6.69. The van der Waals surface area contributed by atoms with E-state index in [2.05, 4.69) is 5.32 Å². The Morgan fingerprint density at radius 1 is 0.812 bits per heavy atom. The van der Waals surface area contributed by atoms with Gasteiger partial charge in [0.25, 0.3) is 0 Å². The molecule has 4 N–H and O–H groups in total. The molecule has 3 heterocycles. The third kappa shape index (κ3) is 8.66. The smallest absolute Gasteiger partial charge is 0.410 e. The van der Waals surface area contributed by atoms with E-state index >= 15 is 0 Å². The van der Waals surface area contributed by atoms with Crippen LogP contribution in [-0.4, -0.2) is 70.1 Å². The minimum atomic E-state index is -0.663. The number of nitrogens with two attached hydrogens (primary N) is 1. The molecule has 3 amide bonds. The molecule has 4 unspecified atom stereocenters. The lowest BCUT2D eigenvalue weighted by molar-refractivity contribution is -0.122. The van der Waals surface area contributed by atoms with Gasteiger partial charge in [0.05, 0.1) is 17.4 Å². The molecule has 0 aliphatic carbocycles. The van der Waals surface area contributed by atoms with Gasteiger partial charge in [0.2, 0.25) is 5.91 Å². The summed E-state index contributed by atoms with van der Waals surface area (Å²) in [5, 5.41) is 4.53. The van der Waals surface area contributed by atoms with Gasteiger partial charge in [-0.05, 0) is 109 Å². The molecule has 2 aromatic carbocycles. The molecular weight excluding hydrogens is 610 g/mol. The van der Waals surface area contributed by atoms with E-state index in [9.17, 15) is 19.2 Å². The number of nitrogen functional groups attached to an aromatic ring is 1. The minimum absolute atomic E-state index is 0.00381. The molecule has 0 aromatic heterocycles. The van der Waals surface area contributed by atoms with E-state index in [1.165, 1.54) is 4.90 Å². The SMILES string of the molecule is [2H]N1C(c2ccc(CC(=O)C3CCCN3C(=O)OC(C)(C)C)cc2)CCC1c1ccc(N)c(NC(=O)C2CCCN2C(=O)OC(C)(C)C)c1. The maximum absolute atomic E-state index is 13.3. The van der Waals surface area contributed by atoms with Crippen LogP contribution in [0, 0.1) is 0 Å². The number of nitrogens with one attached hydrogen (secondary N) is 2. The summed E-state index contributed by atoms with van der Waals surface area (Å²) in [7, 11) is 0. The molecule has 0 saturated carbocycles. The number of Topliss-reactive ketones (excluding diaryl/α,β-unsaturated/α-hetero) is 1. The van der Waals surface area contributed by atoms with Crippen LogP contribution >= 0.6 is 0 Å². The number of ether oxygens (including phenoxy) is 2. The van der Waals surface area contributed by atoms with Crippen LogP contribution in [0.25, 0.3) is 0 Å². The number of rotatable bonds is 7. The standard InChI is InChI=1S/C37H51N5O6/c1-36(2,3)47-34(45)41-19-7-9-30(41)32(43)21-23-11-13-24(14-12-23)27-17-18-28(39-27)25-15-16-26(38)29(22-25)40-33(44)31-10-8-20-42(31)35(46)48-37(4,5)6/h11-16,22,27-28,30-31,39H,7-10,17-21,38H2,1-6H3,(H,40,44)/i/hD. The average molecular weight is 663 g/mol. The number of ketones is 1. The van der Waals surface area contributed by atoms with E-state index in [1.54, 1.807) is 37.0 Å². The number of likely N-dealkylation sites (tertiary alicyclic amines) is 2. The second kappa shape index (κ2) is 14.2. The van der Waals surface area contributed by atoms with Gasteiger partial charge in [0.1, 0.15) is 18.7 Å². The first-order valence-electron chi connectivity index (χ1n) is 17.5. The van der Waals surface area contributed by atoms with E-state index < -0.39 is 35.5 Å². The maximum Gasteiger partial charge on any atom is 0.410 e. The van der Waals surface area contributed by atoms with Crippen LogP contribution in [0.4, 0.5) is 21.0 Å². The summed E-state index contributed by atoms with van der Waals surface area (Å²) < 4.78 is 20.1. The van der Waals surface area contributed by atoms with Crippen molar-refractivity contribution in [2.24, 2.45) is 0 Å². The predicted molar refractivity (Wildman–Crippen MR) is 184 cm³/mol. The molecule has 48 heavy (non-hydrogen) atoms. The van der Waals surface area contributed by atoms with Gasteiger partial charge < -0.3 is 25.8 Å². The Morgan fingerprint density at radius 2 is 1.33 bits per heavy atom. The predicted octanol–water partition coefficient (Wildman–Crippen LogP) is 6.28. The number of nitrogens with zero attached hydrogens (tertiary/aromatic N) is 2. The molecular formula is C37H51N5O6. The number of carbonyl (C=O) groups excluding carboxylic acids is 4. The van der Waals surface area contributed by atoms with Gasteiger partial charge in [0.15, 0.2) is 5.78 Å². The Kier molecular flexibility index (Phi) is 9.96. The van der Waals surface area contributed by atoms with E-state index in [1.807, 2.05) is 57.2 Å². The highest BCUT2D eigenvalue weighted by molar-refractivity contribution is 5.99. The Bertz CT molecular complexity index is 1550. The largest absolute Gasteiger partial charge is 0.444 e. The molecule has 3 fully saturated rings.